The van der Waals surface area contributed by atoms with Crippen LogP contribution >= 0.6 is 34.8 Å². The largest absolute Gasteiger partial charge is 0.380 e. The van der Waals surface area contributed by atoms with E-state index in [1.807, 2.05) is 0 Å². The molecule has 12 heteroatoms. The quantitative estimate of drug-likeness (QED) is 0.143. The van der Waals surface area contributed by atoms with Gasteiger partial charge in [-0.1, -0.05) is 62.4 Å². The van der Waals surface area contributed by atoms with Crippen LogP contribution in [0.1, 0.15) is 27.4 Å². The van der Waals surface area contributed by atoms with Gasteiger partial charge in [-0.3, -0.25) is 0 Å². The van der Waals surface area contributed by atoms with Crippen molar-refractivity contribution in [1.82, 2.24) is 10.3 Å². The van der Waals surface area contributed by atoms with Gasteiger partial charge in [-0.25, -0.2) is 9.18 Å². The molecule has 8 nitrogen and oxygen atoms in total. The Bertz CT molecular complexity index is 1410. The van der Waals surface area contributed by atoms with Crippen LogP contribution in [-0.2, 0) is 4.84 Å². The van der Waals surface area contributed by atoms with E-state index < -0.39 is 11.8 Å². The van der Waals surface area contributed by atoms with Gasteiger partial charge in [-0.2, -0.15) is 0 Å². The minimum absolute atomic E-state index is 0.00240. The smallest absolute Gasteiger partial charge is 0.371 e. The van der Waals surface area contributed by atoms with Crippen LogP contribution in [0.25, 0.3) is 22.5 Å². The van der Waals surface area contributed by atoms with Crippen molar-refractivity contribution in [2.24, 2.45) is 10.9 Å². The molecule has 0 saturated heterocycles. The normalized spacial score (nSPS) is 11.6. The molecule has 0 aliphatic carbocycles. The summed E-state index contributed by atoms with van der Waals surface area (Å²) in [6.07, 6.45) is 0. The number of amidine groups is 1. The van der Waals surface area contributed by atoms with Gasteiger partial charge in [0.05, 0.1) is 26.2 Å². The Morgan fingerprint density at radius 1 is 0.912 bits per heavy atom. The molecule has 2 heterocycles. The van der Waals surface area contributed by atoms with Crippen molar-refractivity contribution >= 4 is 46.6 Å². The summed E-state index contributed by atoms with van der Waals surface area (Å²) in [5, 5.41) is 12.0. The lowest BCUT2D eigenvalue weighted by Crippen LogP contribution is -2.17. The van der Waals surface area contributed by atoms with E-state index in [4.69, 9.17) is 54.4 Å². The van der Waals surface area contributed by atoms with Gasteiger partial charge in [0.2, 0.25) is 0 Å². The first-order valence-electron chi connectivity index (χ1n) is 9.57. The fourth-order valence-corrected chi connectivity index (χ4v) is 4.09. The van der Waals surface area contributed by atoms with Crippen molar-refractivity contribution in [1.29, 1.82) is 0 Å². The first-order valence-corrected chi connectivity index (χ1v) is 10.7. The summed E-state index contributed by atoms with van der Waals surface area (Å²) in [4.78, 5) is 17.9. The lowest BCUT2D eigenvalue weighted by Gasteiger charge is -2.06. The molecule has 0 aliphatic rings. The number of nitrogens with two attached hydrogens (primary N) is 1. The van der Waals surface area contributed by atoms with Crippen LogP contribution in [0.15, 0.2) is 50.6 Å². The first-order chi connectivity index (χ1) is 16.2. The van der Waals surface area contributed by atoms with Crippen molar-refractivity contribution in [2.75, 3.05) is 0 Å². The molecule has 2 N–H and O–H groups in total. The van der Waals surface area contributed by atoms with E-state index in [2.05, 4.69) is 15.5 Å². The van der Waals surface area contributed by atoms with Gasteiger partial charge in [-0.05, 0) is 38.1 Å². The molecule has 0 radical (unpaired) electrons. The molecule has 4 aromatic rings. The highest BCUT2D eigenvalue weighted by Gasteiger charge is 2.28. The molecule has 4 rings (SSSR count). The van der Waals surface area contributed by atoms with Crippen molar-refractivity contribution in [3.63, 3.8) is 0 Å². The predicted molar refractivity (Wildman–Crippen MR) is 124 cm³/mol. The highest BCUT2D eigenvalue weighted by Crippen LogP contribution is 2.37. The number of carbonyl (C=O) groups excluding carboxylic acids is 1. The number of rotatable bonds is 5. The number of benzene rings is 2. The zero-order valence-electron chi connectivity index (χ0n) is 17.5. The molecule has 34 heavy (non-hydrogen) atoms. The van der Waals surface area contributed by atoms with Gasteiger partial charge in [0, 0.05) is 5.56 Å². The Morgan fingerprint density at radius 3 is 2.00 bits per heavy atom. The maximum absolute atomic E-state index is 14.4. The summed E-state index contributed by atoms with van der Waals surface area (Å²) < 4.78 is 24.7. The monoisotopic (exact) mass is 522 g/mol. The molecular weight excluding hydrogens is 510 g/mol. The average molecular weight is 524 g/mol. The second kappa shape index (κ2) is 9.46. The molecule has 0 aliphatic heterocycles. The first kappa shape index (κ1) is 23.7. The van der Waals surface area contributed by atoms with E-state index in [1.165, 1.54) is 32.0 Å². The molecule has 2 aromatic carbocycles. The lowest BCUT2D eigenvalue weighted by molar-refractivity contribution is 0.0514. The number of hydrogen-bond donors (Lipinski definition) is 1. The van der Waals surface area contributed by atoms with Gasteiger partial charge in [0.15, 0.2) is 5.84 Å². The topological polar surface area (TPSA) is 117 Å². The van der Waals surface area contributed by atoms with Gasteiger partial charge in [0.1, 0.15) is 34.3 Å². The van der Waals surface area contributed by atoms with E-state index in [-0.39, 0.29) is 66.1 Å². The van der Waals surface area contributed by atoms with Crippen molar-refractivity contribution in [2.45, 2.75) is 13.8 Å². The molecule has 0 unspecified atom stereocenters. The van der Waals surface area contributed by atoms with Crippen LogP contribution in [0.2, 0.25) is 15.1 Å². The SMILES string of the molecule is Cc1onc(-c2c(F)cccc2Cl)c1C(N)=NOC(=O)c1c(-c2c(Cl)cccc2Cl)noc1C. The number of halogens is 4. The number of hydrogen-bond acceptors (Lipinski definition) is 7. The van der Waals surface area contributed by atoms with Crippen LogP contribution in [0.4, 0.5) is 4.39 Å². The Morgan fingerprint density at radius 2 is 1.41 bits per heavy atom. The van der Waals surface area contributed by atoms with Crippen LogP contribution in [0, 0.1) is 19.7 Å². The van der Waals surface area contributed by atoms with Gasteiger partial charge in [-0.15, -0.1) is 0 Å². The van der Waals surface area contributed by atoms with Crippen LogP contribution in [0.5, 0.6) is 0 Å². The van der Waals surface area contributed by atoms with Crippen molar-refractivity contribution in [3.8, 4) is 22.5 Å². The number of aromatic nitrogens is 2. The minimum atomic E-state index is -0.938. The third kappa shape index (κ3) is 4.25. The standard InChI is InChI=1S/C22H14Cl3FN4O4/c1-9-15(19(28-32-9)18-13(25)7-4-8-14(18)26)21(27)30-34-22(31)16-10(2)33-29-20(16)17-11(23)5-3-6-12(17)24/h3-8H,1-2H3,(H2,27,30). The van der Waals surface area contributed by atoms with Gasteiger partial charge in [0.25, 0.3) is 0 Å². The van der Waals surface area contributed by atoms with Crippen LogP contribution in [-0.4, -0.2) is 22.1 Å². The van der Waals surface area contributed by atoms with Crippen LogP contribution < -0.4 is 5.73 Å². The molecule has 0 saturated carbocycles. The molecule has 0 bridgehead atoms. The maximum atomic E-state index is 14.4. The Hall–Kier alpha value is -3.40. The minimum Gasteiger partial charge on any atom is -0.380 e. The zero-order chi connectivity index (χ0) is 24.6. The summed E-state index contributed by atoms with van der Waals surface area (Å²) in [7, 11) is 0. The molecule has 2 aromatic heterocycles. The third-order valence-electron chi connectivity index (χ3n) is 4.81. The second-order valence-electron chi connectivity index (χ2n) is 6.97. The summed E-state index contributed by atoms with van der Waals surface area (Å²) in [6.45, 7) is 3.04. The molecular formula is C22H14Cl3FN4O4. The second-order valence-corrected chi connectivity index (χ2v) is 8.19. The Kier molecular flexibility index (Phi) is 6.60. The van der Waals surface area contributed by atoms with Crippen LogP contribution in [0.3, 0.4) is 0 Å². The lowest BCUT2D eigenvalue weighted by atomic mass is 10.0. The van der Waals surface area contributed by atoms with E-state index in [0.717, 1.165) is 0 Å². The van der Waals surface area contributed by atoms with Crippen molar-refractivity contribution < 1.29 is 23.1 Å². The molecule has 174 valence electrons. The fraction of sp³-hybridized carbons (Fsp3) is 0.0909. The van der Waals surface area contributed by atoms with Gasteiger partial charge >= 0.3 is 5.97 Å². The predicted octanol–water partition coefficient (Wildman–Crippen LogP) is 6.19. The summed E-state index contributed by atoms with van der Waals surface area (Å²) >= 11 is 18.6. The zero-order valence-corrected chi connectivity index (χ0v) is 19.8. The highest BCUT2D eigenvalue weighted by atomic mass is 35.5. The summed E-state index contributed by atoms with van der Waals surface area (Å²) in [6, 6.07) is 8.95. The highest BCUT2D eigenvalue weighted by molar-refractivity contribution is 6.39. The molecule has 0 atom stereocenters. The average Bonchev–Trinajstić information content (AvgIpc) is 3.34. The number of carbonyl (C=O) groups is 1. The molecule has 0 fully saturated rings. The van der Waals surface area contributed by atoms with E-state index in [1.54, 1.807) is 18.2 Å². The Balaban J connectivity index is 1.70. The van der Waals surface area contributed by atoms with E-state index in [0.29, 0.717) is 0 Å². The summed E-state index contributed by atoms with van der Waals surface area (Å²) in [5.41, 5.74) is 6.43. The third-order valence-corrected chi connectivity index (χ3v) is 5.76. The van der Waals surface area contributed by atoms with E-state index in [9.17, 15) is 9.18 Å². The van der Waals surface area contributed by atoms with Gasteiger partial charge < -0.3 is 19.6 Å². The van der Waals surface area contributed by atoms with E-state index >= 15 is 0 Å². The number of nitrogens with zero attached hydrogens (tertiary/aromatic N) is 3. The maximum Gasteiger partial charge on any atom is 0.371 e. The molecule has 0 spiro atoms. The van der Waals surface area contributed by atoms with Crippen molar-refractivity contribution in [3.05, 3.63) is 79.9 Å². The number of aryl methyl sites for hydroxylation is 2. The fourth-order valence-electron chi connectivity index (χ4n) is 3.26. The number of oxime groups is 1. The molecule has 0 amide bonds. The summed E-state index contributed by atoms with van der Waals surface area (Å²) in [5.74, 6) is -1.53. The Labute approximate surface area is 207 Å².